The Balaban J connectivity index is 3.25. The van der Waals surface area contributed by atoms with Crippen LogP contribution < -0.4 is 5.32 Å². The molecule has 1 N–H and O–H groups in total. The molecule has 0 aliphatic heterocycles. The highest BCUT2D eigenvalue weighted by atomic mass is 16.6. The van der Waals surface area contributed by atoms with Gasteiger partial charge in [0.15, 0.2) is 0 Å². The quantitative estimate of drug-likeness (QED) is 0.287. The molecule has 176 valence electrons. The molecule has 0 rings (SSSR count). The predicted molar refractivity (Wildman–Crippen MR) is 113 cm³/mol. The van der Waals surface area contributed by atoms with E-state index >= 15 is 0 Å². The molecule has 0 aromatic heterocycles. The summed E-state index contributed by atoms with van der Waals surface area (Å²) in [6.07, 6.45) is 1.77. The molecule has 0 aliphatic rings. The van der Waals surface area contributed by atoms with Crippen molar-refractivity contribution in [1.82, 2.24) is 10.2 Å². The first-order valence-electron chi connectivity index (χ1n) is 10.6. The standard InChI is InChI=1S/C21H40N2O7/c1-18(2)19(24)6-5-7-20(25)22-9-11-28-13-15-30-17-16-29-14-12-27-10-8-21(26)23(3)4/h18H,5-17H2,1-4H3,(H,22,25). The van der Waals surface area contributed by atoms with Gasteiger partial charge in [-0.05, 0) is 6.42 Å². The van der Waals surface area contributed by atoms with Crippen LogP contribution in [-0.4, -0.2) is 96.0 Å². The van der Waals surface area contributed by atoms with Crippen molar-refractivity contribution in [2.24, 2.45) is 5.92 Å². The van der Waals surface area contributed by atoms with Gasteiger partial charge in [0, 0.05) is 39.4 Å². The van der Waals surface area contributed by atoms with Crippen molar-refractivity contribution in [3.8, 4) is 0 Å². The van der Waals surface area contributed by atoms with E-state index in [0.29, 0.717) is 85.1 Å². The number of ketones is 1. The Kier molecular flexibility index (Phi) is 18.4. The first-order chi connectivity index (χ1) is 14.3. The lowest BCUT2D eigenvalue weighted by Gasteiger charge is -2.10. The Bertz CT molecular complexity index is 470. The molecule has 0 unspecified atom stereocenters. The zero-order valence-corrected chi connectivity index (χ0v) is 19.1. The van der Waals surface area contributed by atoms with Gasteiger partial charge in [0.1, 0.15) is 5.78 Å². The summed E-state index contributed by atoms with van der Waals surface area (Å²) in [7, 11) is 3.44. The molecule has 0 fully saturated rings. The lowest BCUT2D eigenvalue weighted by Crippen LogP contribution is -2.27. The lowest BCUT2D eigenvalue weighted by atomic mass is 10.0. The molecular weight excluding hydrogens is 392 g/mol. The molecule has 0 spiro atoms. The van der Waals surface area contributed by atoms with Gasteiger partial charge in [-0.3, -0.25) is 14.4 Å². The SMILES string of the molecule is CC(C)C(=O)CCCC(=O)NCCOCCOCCOCCOCCC(=O)N(C)C. The van der Waals surface area contributed by atoms with E-state index in [4.69, 9.17) is 18.9 Å². The van der Waals surface area contributed by atoms with Crippen LogP contribution in [0.1, 0.15) is 39.5 Å². The fourth-order valence-electron chi connectivity index (χ4n) is 2.21. The molecule has 30 heavy (non-hydrogen) atoms. The molecule has 0 aliphatic carbocycles. The molecule has 0 saturated carbocycles. The molecule has 2 amide bonds. The first kappa shape index (κ1) is 28.5. The molecule has 9 nitrogen and oxygen atoms in total. The highest BCUT2D eigenvalue weighted by Crippen LogP contribution is 2.03. The number of hydrogen-bond donors (Lipinski definition) is 1. The summed E-state index contributed by atoms with van der Waals surface area (Å²) in [6.45, 7) is 7.74. The Morgan fingerprint density at radius 1 is 0.733 bits per heavy atom. The monoisotopic (exact) mass is 432 g/mol. The Morgan fingerprint density at radius 3 is 1.73 bits per heavy atom. The summed E-state index contributed by atoms with van der Waals surface area (Å²) >= 11 is 0. The largest absolute Gasteiger partial charge is 0.379 e. The number of nitrogens with one attached hydrogen (secondary N) is 1. The third-order valence-electron chi connectivity index (χ3n) is 4.11. The van der Waals surface area contributed by atoms with Crippen molar-refractivity contribution in [2.45, 2.75) is 39.5 Å². The second kappa shape index (κ2) is 19.4. The van der Waals surface area contributed by atoms with Crippen LogP contribution in [0.15, 0.2) is 0 Å². The number of carbonyl (C=O) groups is 3. The van der Waals surface area contributed by atoms with E-state index in [1.165, 1.54) is 4.90 Å². The maximum Gasteiger partial charge on any atom is 0.224 e. The molecule has 0 aromatic rings. The normalized spacial score (nSPS) is 11.0. The number of Topliss-reactive ketones (excluding diaryl/α,β-unsaturated/α-hetero) is 1. The topological polar surface area (TPSA) is 103 Å². The number of amides is 2. The number of carbonyl (C=O) groups excluding carboxylic acids is 3. The van der Waals surface area contributed by atoms with E-state index in [0.717, 1.165) is 0 Å². The molecule has 0 radical (unpaired) electrons. The number of ether oxygens (including phenoxy) is 4. The predicted octanol–water partition coefficient (Wildman–Crippen LogP) is 1.04. The van der Waals surface area contributed by atoms with Gasteiger partial charge in [-0.2, -0.15) is 0 Å². The third kappa shape index (κ3) is 18.5. The van der Waals surface area contributed by atoms with Gasteiger partial charge >= 0.3 is 0 Å². The van der Waals surface area contributed by atoms with Crippen LogP contribution in [0.25, 0.3) is 0 Å². The van der Waals surface area contributed by atoms with E-state index in [9.17, 15) is 14.4 Å². The fourth-order valence-corrected chi connectivity index (χ4v) is 2.21. The second-order valence-corrected chi connectivity index (χ2v) is 7.31. The number of nitrogens with zero attached hydrogens (tertiary/aromatic N) is 1. The van der Waals surface area contributed by atoms with Crippen LogP contribution in [-0.2, 0) is 33.3 Å². The van der Waals surface area contributed by atoms with E-state index in [2.05, 4.69) is 5.32 Å². The Morgan fingerprint density at radius 2 is 1.23 bits per heavy atom. The van der Waals surface area contributed by atoms with Crippen molar-refractivity contribution in [3.05, 3.63) is 0 Å². The van der Waals surface area contributed by atoms with Gasteiger partial charge in [-0.15, -0.1) is 0 Å². The Hall–Kier alpha value is -1.55. The molecular formula is C21H40N2O7. The summed E-state index contributed by atoms with van der Waals surface area (Å²) in [5.74, 6) is 0.207. The zero-order valence-electron chi connectivity index (χ0n) is 19.1. The van der Waals surface area contributed by atoms with Gasteiger partial charge in [0.05, 0.1) is 59.3 Å². The van der Waals surface area contributed by atoms with Crippen molar-refractivity contribution in [1.29, 1.82) is 0 Å². The molecule has 9 heteroatoms. The van der Waals surface area contributed by atoms with Crippen LogP contribution in [0.5, 0.6) is 0 Å². The zero-order chi connectivity index (χ0) is 22.6. The highest BCUT2D eigenvalue weighted by molar-refractivity contribution is 5.81. The molecule has 0 heterocycles. The first-order valence-corrected chi connectivity index (χ1v) is 10.6. The van der Waals surface area contributed by atoms with Crippen molar-refractivity contribution in [3.63, 3.8) is 0 Å². The van der Waals surface area contributed by atoms with E-state index < -0.39 is 0 Å². The minimum absolute atomic E-state index is 0.0281. The van der Waals surface area contributed by atoms with Crippen LogP contribution in [0, 0.1) is 5.92 Å². The highest BCUT2D eigenvalue weighted by Gasteiger charge is 2.08. The Labute approximate surface area is 180 Å². The lowest BCUT2D eigenvalue weighted by molar-refractivity contribution is -0.130. The van der Waals surface area contributed by atoms with Gasteiger partial charge in [0.2, 0.25) is 11.8 Å². The number of rotatable bonds is 20. The van der Waals surface area contributed by atoms with E-state index in [-0.39, 0.29) is 23.5 Å². The van der Waals surface area contributed by atoms with Crippen LogP contribution in [0.2, 0.25) is 0 Å². The summed E-state index contributed by atoms with van der Waals surface area (Å²) in [5, 5.41) is 2.77. The second-order valence-electron chi connectivity index (χ2n) is 7.31. The summed E-state index contributed by atoms with van der Waals surface area (Å²) in [4.78, 5) is 36.0. The minimum Gasteiger partial charge on any atom is -0.379 e. The maximum absolute atomic E-state index is 11.6. The van der Waals surface area contributed by atoms with Gasteiger partial charge in [-0.25, -0.2) is 0 Å². The van der Waals surface area contributed by atoms with Gasteiger partial charge in [-0.1, -0.05) is 13.8 Å². The van der Waals surface area contributed by atoms with Crippen LogP contribution in [0.4, 0.5) is 0 Å². The van der Waals surface area contributed by atoms with Gasteiger partial charge < -0.3 is 29.2 Å². The summed E-state index contributed by atoms with van der Waals surface area (Å²) < 4.78 is 21.4. The van der Waals surface area contributed by atoms with Crippen molar-refractivity contribution < 1.29 is 33.3 Å². The molecule has 0 bridgehead atoms. The molecule has 0 saturated heterocycles. The third-order valence-corrected chi connectivity index (χ3v) is 4.11. The molecule has 0 atom stereocenters. The van der Waals surface area contributed by atoms with E-state index in [1.807, 2.05) is 13.8 Å². The van der Waals surface area contributed by atoms with Crippen LogP contribution >= 0.6 is 0 Å². The number of hydrogen-bond acceptors (Lipinski definition) is 7. The summed E-state index contributed by atoms with van der Waals surface area (Å²) in [5.41, 5.74) is 0. The maximum atomic E-state index is 11.6. The van der Waals surface area contributed by atoms with E-state index in [1.54, 1.807) is 14.1 Å². The smallest absolute Gasteiger partial charge is 0.224 e. The van der Waals surface area contributed by atoms with Crippen molar-refractivity contribution >= 4 is 17.6 Å². The molecule has 0 aromatic carbocycles. The van der Waals surface area contributed by atoms with Gasteiger partial charge in [0.25, 0.3) is 0 Å². The van der Waals surface area contributed by atoms with Crippen molar-refractivity contribution in [2.75, 3.05) is 73.5 Å². The average Bonchev–Trinajstić information content (AvgIpc) is 2.70. The average molecular weight is 433 g/mol. The summed E-state index contributed by atoms with van der Waals surface area (Å²) in [6, 6.07) is 0. The fraction of sp³-hybridized carbons (Fsp3) is 0.857. The van der Waals surface area contributed by atoms with Crippen LogP contribution in [0.3, 0.4) is 0 Å². The minimum atomic E-state index is -0.0585.